The van der Waals surface area contributed by atoms with Crippen LogP contribution in [0.25, 0.3) is 0 Å². The largest absolute Gasteiger partial charge is 0.337 e. The molecule has 0 aromatic carbocycles. The van der Waals surface area contributed by atoms with Gasteiger partial charge in [-0.3, -0.25) is 4.79 Å². The van der Waals surface area contributed by atoms with Gasteiger partial charge in [0.2, 0.25) is 0 Å². The molecule has 1 heterocycles. The van der Waals surface area contributed by atoms with E-state index in [1.807, 2.05) is 19.9 Å². The molecule has 0 aliphatic rings. The standard InChI is InChI=1S/C10H13N3OS/c1-3-13(6-4-5-11)10(14)9-8(2)12-7-15-9/h7H,3-4,6H2,1-2H3. The number of nitrogens with zero attached hydrogens (tertiary/aromatic N) is 3. The molecular weight excluding hydrogens is 210 g/mol. The molecule has 0 spiro atoms. The highest BCUT2D eigenvalue weighted by molar-refractivity contribution is 7.11. The van der Waals surface area contributed by atoms with Crippen LogP contribution in [0.2, 0.25) is 0 Å². The lowest BCUT2D eigenvalue weighted by molar-refractivity contribution is 0.0771. The number of rotatable bonds is 4. The van der Waals surface area contributed by atoms with Crippen LogP contribution in [0.5, 0.6) is 0 Å². The number of hydrogen-bond donors (Lipinski definition) is 0. The first-order chi connectivity index (χ1) is 7.20. The van der Waals surface area contributed by atoms with Crippen molar-refractivity contribution >= 4 is 17.2 Å². The Bertz CT molecular complexity index is 380. The van der Waals surface area contributed by atoms with E-state index >= 15 is 0 Å². The van der Waals surface area contributed by atoms with Crippen LogP contribution in [0, 0.1) is 18.3 Å². The maximum atomic E-state index is 12.0. The molecule has 0 unspecified atom stereocenters. The molecule has 0 bridgehead atoms. The first-order valence-electron chi connectivity index (χ1n) is 4.77. The van der Waals surface area contributed by atoms with Gasteiger partial charge in [0.25, 0.3) is 5.91 Å². The van der Waals surface area contributed by atoms with Gasteiger partial charge in [-0.25, -0.2) is 4.98 Å². The van der Waals surface area contributed by atoms with Gasteiger partial charge in [-0.05, 0) is 13.8 Å². The number of carbonyl (C=O) groups excluding carboxylic acids is 1. The fourth-order valence-corrected chi connectivity index (χ4v) is 2.01. The molecule has 1 rings (SSSR count). The molecule has 0 aliphatic heterocycles. The van der Waals surface area contributed by atoms with Crippen molar-refractivity contribution in [2.45, 2.75) is 20.3 Å². The molecule has 1 aromatic heterocycles. The van der Waals surface area contributed by atoms with E-state index in [1.165, 1.54) is 11.3 Å². The van der Waals surface area contributed by atoms with Crippen molar-refractivity contribution in [2.75, 3.05) is 13.1 Å². The molecule has 0 fully saturated rings. The number of hydrogen-bond acceptors (Lipinski definition) is 4. The van der Waals surface area contributed by atoms with E-state index in [-0.39, 0.29) is 5.91 Å². The minimum Gasteiger partial charge on any atom is -0.337 e. The summed E-state index contributed by atoms with van der Waals surface area (Å²) in [6.45, 7) is 4.84. The molecule has 80 valence electrons. The van der Waals surface area contributed by atoms with Crippen LogP contribution in [0.15, 0.2) is 5.51 Å². The lowest BCUT2D eigenvalue weighted by Gasteiger charge is -2.18. The maximum Gasteiger partial charge on any atom is 0.265 e. The average molecular weight is 223 g/mol. The Morgan fingerprint density at radius 2 is 2.47 bits per heavy atom. The summed E-state index contributed by atoms with van der Waals surface area (Å²) in [4.78, 5) is 18.3. The predicted molar refractivity (Wildman–Crippen MR) is 58.7 cm³/mol. The van der Waals surface area contributed by atoms with Gasteiger partial charge in [0, 0.05) is 13.1 Å². The monoisotopic (exact) mass is 223 g/mol. The third kappa shape index (κ3) is 2.77. The van der Waals surface area contributed by atoms with E-state index in [0.29, 0.717) is 24.4 Å². The van der Waals surface area contributed by atoms with Gasteiger partial charge in [-0.15, -0.1) is 11.3 Å². The number of aryl methyl sites for hydroxylation is 1. The highest BCUT2D eigenvalue weighted by Crippen LogP contribution is 2.15. The Morgan fingerprint density at radius 1 is 1.73 bits per heavy atom. The maximum absolute atomic E-state index is 12.0. The minimum atomic E-state index is -0.0206. The van der Waals surface area contributed by atoms with Crippen molar-refractivity contribution in [3.8, 4) is 6.07 Å². The average Bonchev–Trinajstić information content (AvgIpc) is 2.65. The smallest absolute Gasteiger partial charge is 0.265 e. The highest BCUT2D eigenvalue weighted by atomic mass is 32.1. The summed E-state index contributed by atoms with van der Waals surface area (Å²) >= 11 is 1.35. The quantitative estimate of drug-likeness (QED) is 0.782. The summed E-state index contributed by atoms with van der Waals surface area (Å²) in [5, 5.41) is 8.48. The molecule has 15 heavy (non-hydrogen) atoms. The third-order valence-corrected chi connectivity index (χ3v) is 3.02. The van der Waals surface area contributed by atoms with Crippen LogP contribution < -0.4 is 0 Å². The summed E-state index contributed by atoms with van der Waals surface area (Å²) in [6, 6.07) is 2.04. The number of amides is 1. The van der Waals surface area contributed by atoms with Crippen LogP contribution >= 0.6 is 11.3 Å². The first-order valence-corrected chi connectivity index (χ1v) is 5.65. The van der Waals surface area contributed by atoms with Crippen LogP contribution in [0.1, 0.15) is 28.7 Å². The normalized spacial score (nSPS) is 9.67. The van der Waals surface area contributed by atoms with Crippen LogP contribution in [-0.4, -0.2) is 28.9 Å². The molecule has 5 heteroatoms. The zero-order chi connectivity index (χ0) is 11.3. The SMILES string of the molecule is CCN(CCC#N)C(=O)c1scnc1C. The van der Waals surface area contributed by atoms with Gasteiger partial charge in [-0.2, -0.15) is 5.26 Å². The van der Waals surface area contributed by atoms with Gasteiger partial charge >= 0.3 is 0 Å². The Balaban J connectivity index is 2.74. The second-order valence-electron chi connectivity index (χ2n) is 3.06. The van der Waals surface area contributed by atoms with Gasteiger partial charge in [0.1, 0.15) is 4.88 Å². The van der Waals surface area contributed by atoms with Crippen molar-refractivity contribution < 1.29 is 4.79 Å². The third-order valence-electron chi connectivity index (χ3n) is 2.10. The molecule has 0 saturated carbocycles. The summed E-state index contributed by atoms with van der Waals surface area (Å²) in [6.07, 6.45) is 0.372. The van der Waals surface area contributed by atoms with Crippen LogP contribution in [0.3, 0.4) is 0 Å². The number of thiazole rings is 1. The molecule has 0 atom stereocenters. The van der Waals surface area contributed by atoms with Crippen molar-refractivity contribution in [3.05, 3.63) is 16.1 Å². The lowest BCUT2D eigenvalue weighted by Crippen LogP contribution is -2.31. The van der Waals surface area contributed by atoms with Crippen molar-refractivity contribution in [2.24, 2.45) is 0 Å². The summed E-state index contributed by atoms with van der Waals surface area (Å²) < 4.78 is 0. The van der Waals surface area contributed by atoms with E-state index in [0.717, 1.165) is 5.69 Å². The summed E-state index contributed by atoms with van der Waals surface area (Å²) in [5.74, 6) is -0.0206. The van der Waals surface area contributed by atoms with Gasteiger partial charge in [-0.1, -0.05) is 0 Å². The van der Waals surface area contributed by atoms with Crippen molar-refractivity contribution in [1.82, 2.24) is 9.88 Å². The minimum absolute atomic E-state index is 0.0206. The second kappa shape index (κ2) is 5.47. The molecule has 0 aliphatic carbocycles. The van der Waals surface area contributed by atoms with E-state index in [1.54, 1.807) is 10.4 Å². The zero-order valence-corrected chi connectivity index (χ0v) is 9.67. The molecule has 1 amide bonds. The van der Waals surface area contributed by atoms with Crippen LogP contribution in [0.4, 0.5) is 0 Å². The molecule has 4 nitrogen and oxygen atoms in total. The number of aromatic nitrogens is 1. The predicted octanol–water partition coefficient (Wildman–Crippen LogP) is 1.83. The van der Waals surface area contributed by atoms with Gasteiger partial charge in [0.05, 0.1) is 23.7 Å². The molecule has 1 aromatic rings. The van der Waals surface area contributed by atoms with Crippen molar-refractivity contribution in [3.63, 3.8) is 0 Å². The lowest BCUT2D eigenvalue weighted by atomic mass is 10.3. The fourth-order valence-electron chi connectivity index (χ4n) is 1.24. The molecule has 0 saturated heterocycles. The van der Waals surface area contributed by atoms with E-state index < -0.39 is 0 Å². The highest BCUT2D eigenvalue weighted by Gasteiger charge is 2.17. The summed E-state index contributed by atoms with van der Waals surface area (Å²) in [5.41, 5.74) is 2.43. The van der Waals surface area contributed by atoms with Crippen molar-refractivity contribution in [1.29, 1.82) is 5.26 Å². The Kier molecular flexibility index (Phi) is 4.25. The Morgan fingerprint density at radius 3 is 2.93 bits per heavy atom. The topological polar surface area (TPSA) is 57.0 Å². The van der Waals surface area contributed by atoms with E-state index in [9.17, 15) is 4.79 Å². The van der Waals surface area contributed by atoms with Gasteiger partial charge < -0.3 is 4.90 Å². The molecule has 0 radical (unpaired) electrons. The van der Waals surface area contributed by atoms with E-state index in [2.05, 4.69) is 4.98 Å². The summed E-state index contributed by atoms with van der Waals surface area (Å²) in [7, 11) is 0. The van der Waals surface area contributed by atoms with E-state index in [4.69, 9.17) is 5.26 Å². The fraction of sp³-hybridized carbons (Fsp3) is 0.500. The number of nitriles is 1. The molecular formula is C10H13N3OS. The number of carbonyl (C=O) groups is 1. The van der Waals surface area contributed by atoms with Gasteiger partial charge in [0.15, 0.2) is 0 Å². The molecule has 0 N–H and O–H groups in total. The first kappa shape index (κ1) is 11.7. The Hall–Kier alpha value is -1.41. The Labute approximate surface area is 93.2 Å². The second-order valence-corrected chi connectivity index (χ2v) is 3.91. The van der Waals surface area contributed by atoms with Crippen LogP contribution in [-0.2, 0) is 0 Å². The zero-order valence-electron chi connectivity index (χ0n) is 8.86.